The van der Waals surface area contributed by atoms with Crippen LogP contribution in [0.4, 0.5) is 0 Å². The minimum absolute atomic E-state index is 0.532. The standard InChI is InChI=1S/C15H18N6/c1-19-8-5-16-14(19)11-20-7-3-12(10-20)13-2-4-17-15-18-6-9-21(13)15/h2,4-6,8-9,12H,3,7,10-11H2,1H3/t12-/m1/s1. The highest BCUT2D eigenvalue weighted by atomic mass is 15.2. The highest BCUT2D eigenvalue weighted by Gasteiger charge is 2.26. The molecule has 0 saturated carbocycles. The first-order valence-electron chi connectivity index (χ1n) is 7.28. The van der Waals surface area contributed by atoms with Crippen LogP contribution < -0.4 is 0 Å². The molecule has 1 fully saturated rings. The summed E-state index contributed by atoms with van der Waals surface area (Å²) in [4.78, 5) is 15.4. The first-order chi connectivity index (χ1) is 10.3. The number of aryl methyl sites for hydroxylation is 1. The van der Waals surface area contributed by atoms with Crippen molar-refractivity contribution in [3.8, 4) is 0 Å². The SMILES string of the molecule is Cn1ccnc1CN1CC[C@@H](c2ccnc3nccn23)C1. The number of imidazole rings is 2. The number of likely N-dealkylation sites (tertiary alicyclic amines) is 1. The van der Waals surface area contributed by atoms with Gasteiger partial charge in [-0.05, 0) is 19.0 Å². The summed E-state index contributed by atoms with van der Waals surface area (Å²) in [5, 5.41) is 0. The van der Waals surface area contributed by atoms with Crippen molar-refractivity contribution in [2.24, 2.45) is 7.05 Å². The lowest BCUT2D eigenvalue weighted by molar-refractivity contribution is 0.314. The fourth-order valence-corrected chi connectivity index (χ4v) is 3.15. The molecule has 6 heteroatoms. The Labute approximate surface area is 123 Å². The van der Waals surface area contributed by atoms with Gasteiger partial charge in [0.1, 0.15) is 5.82 Å². The zero-order valence-corrected chi connectivity index (χ0v) is 12.1. The summed E-state index contributed by atoms with van der Waals surface area (Å²) in [6, 6.07) is 2.11. The molecule has 3 aromatic heterocycles. The van der Waals surface area contributed by atoms with E-state index in [2.05, 4.69) is 34.9 Å². The van der Waals surface area contributed by atoms with Gasteiger partial charge in [0.25, 0.3) is 0 Å². The molecule has 1 saturated heterocycles. The first kappa shape index (κ1) is 12.5. The van der Waals surface area contributed by atoms with E-state index in [1.165, 1.54) is 12.1 Å². The smallest absolute Gasteiger partial charge is 0.233 e. The van der Waals surface area contributed by atoms with Crippen LogP contribution in [0.5, 0.6) is 0 Å². The van der Waals surface area contributed by atoms with Crippen molar-refractivity contribution in [3.63, 3.8) is 0 Å². The summed E-state index contributed by atoms with van der Waals surface area (Å²) >= 11 is 0. The number of hydrogen-bond donors (Lipinski definition) is 0. The Morgan fingerprint density at radius 3 is 2.86 bits per heavy atom. The molecule has 3 aromatic rings. The molecular formula is C15H18N6. The summed E-state index contributed by atoms with van der Waals surface area (Å²) in [6.45, 7) is 3.08. The first-order valence-corrected chi connectivity index (χ1v) is 7.28. The third kappa shape index (κ3) is 2.21. The fraction of sp³-hybridized carbons (Fsp3) is 0.400. The molecule has 0 aliphatic carbocycles. The van der Waals surface area contributed by atoms with Crippen molar-refractivity contribution in [2.45, 2.75) is 18.9 Å². The molecule has 1 atom stereocenters. The van der Waals surface area contributed by atoms with E-state index in [0.29, 0.717) is 5.92 Å². The summed E-state index contributed by atoms with van der Waals surface area (Å²) in [5.41, 5.74) is 1.31. The van der Waals surface area contributed by atoms with Crippen LogP contribution >= 0.6 is 0 Å². The molecule has 0 aromatic carbocycles. The van der Waals surface area contributed by atoms with Gasteiger partial charge in [-0.1, -0.05) is 0 Å². The molecule has 1 aliphatic rings. The second-order valence-electron chi connectivity index (χ2n) is 5.64. The lowest BCUT2D eigenvalue weighted by atomic mass is 10.0. The number of rotatable bonds is 3. The quantitative estimate of drug-likeness (QED) is 0.729. The van der Waals surface area contributed by atoms with E-state index in [-0.39, 0.29) is 0 Å². The van der Waals surface area contributed by atoms with Crippen LogP contribution in [0.1, 0.15) is 23.9 Å². The van der Waals surface area contributed by atoms with E-state index in [0.717, 1.165) is 31.2 Å². The number of aromatic nitrogens is 5. The zero-order valence-electron chi connectivity index (χ0n) is 12.1. The molecular weight excluding hydrogens is 264 g/mol. The average molecular weight is 282 g/mol. The monoisotopic (exact) mass is 282 g/mol. The van der Waals surface area contributed by atoms with Crippen molar-refractivity contribution < 1.29 is 0 Å². The molecule has 0 unspecified atom stereocenters. The van der Waals surface area contributed by atoms with Gasteiger partial charge >= 0.3 is 0 Å². The topological polar surface area (TPSA) is 51.2 Å². The third-order valence-electron chi connectivity index (χ3n) is 4.31. The van der Waals surface area contributed by atoms with E-state index in [1.807, 2.05) is 38.0 Å². The highest BCUT2D eigenvalue weighted by molar-refractivity contribution is 5.31. The van der Waals surface area contributed by atoms with E-state index in [1.54, 1.807) is 0 Å². The summed E-state index contributed by atoms with van der Waals surface area (Å²) in [7, 11) is 2.05. The molecule has 4 heterocycles. The Hall–Kier alpha value is -2.21. The molecule has 0 N–H and O–H groups in total. The molecule has 4 rings (SSSR count). The van der Waals surface area contributed by atoms with Gasteiger partial charge in [0, 0.05) is 56.2 Å². The van der Waals surface area contributed by atoms with Gasteiger partial charge in [0.15, 0.2) is 0 Å². The lowest BCUT2D eigenvalue weighted by Crippen LogP contribution is -2.22. The minimum atomic E-state index is 0.532. The van der Waals surface area contributed by atoms with Crippen molar-refractivity contribution >= 4 is 5.78 Å². The van der Waals surface area contributed by atoms with Crippen LogP contribution in [0.2, 0.25) is 0 Å². The third-order valence-corrected chi connectivity index (χ3v) is 4.31. The van der Waals surface area contributed by atoms with Gasteiger partial charge in [-0.15, -0.1) is 0 Å². The van der Waals surface area contributed by atoms with Crippen molar-refractivity contribution in [1.29, 1.82) is 0 Å². The summed E-state index contributed by atoms with van der Waals surface area (Å²) in [6.07, 6.45) is 10.7. The lowest BCUT2D eigenvalue weighted by Gasteiger charge is -2.16. The van der Waals surface area contributed by atoms with Crippen LogP contribution in [-0.2, 0) is 13.6 Å². The Morgan fingerprint density at radius 2 is 2.00 bits per heavy atom. The van der Waals surface area contributed by atoms with Gasteiger partial charge < -0.3 is 4.57 Å². The van der Waals surface area contributed by atoms with E-state index in [9.17, 15) is 0 Å². The fourth-order valence-electron chi connectivity index (χ4n) is 3.15. The molecule has 21 heavy (non-hydrogen) atoms. The van der Waals surface area contributed by atoms with E-state index in [4.69, 9.17) is 0 Å². The van der Waals surface area contributed by atoms with E-state index < -0.39 is 0 Å². The predicted molar refractivity (Wildman–Crippen MR) is 78.8 cm³/mol. The second kappa shape index (κ2) is 4.96. The molecule has 6 nitrogen and oxygen atoms in total. The largest absolute Gasteiger partial charge is 0.337 e. The summed E-state index contributed by atoms with van der Waals surface area (Å²) < 4.78 is 4.20. The van der Waals surface area contributed by atoms with Crippen LogP contribution in [0.25, 0.3) is 5.78 Å². The van der Waals surface area contributed by atoms with Crippen LogP contribution in [0.3, 0.4) is 0 Å². The number of fused-ring (bicyclic) bond motifs is 1. The van der Waals surface area contributed by atoms with Gasteiger partial charge in [0.2, 0.25) is 5.78 Å². The molecule has 0 amide bonds. The average Bonchev–Trinajstić information content (AvgIpc) is 3.21. The van der Waals surface area contributed by atoms with Gasteiger partial charge in [0.05, 0.1) is 6.54 Å². The van der Waals surface area contributed by atoms with Crippen LogP contribution in [0, 0.1) is 0 Å². The van der Waals surface area contributed by atoms with Crippen molar-refractivity contribution in [3.05, 3.63) is 48.6 Å². The Morgan fingerprint density at radius 1 is 1.14 bits per heavy atom. The molecule has 1 aliphatic heterocycles. The number of nitrogens with zero attached hydrogens (tertiary/aromatic N) is 6. The van der Waals surface area contributed by atoms with E-state index >= 15 is 0 Å². The van der Waals surface area contributed by atoms with Crippen molar-refractivity contribution in [1.82, 2.24) is 28.8 Å². The Bertz CT molecular complexity index is 758. The van der Waals surface area contributed by atoms with Gasteiger partial charge in [-0.25, -0.2) is 15.0 Å². The molecule has 0 spiro atoms. The zero-order chi connectivity index (χ0) is 14.2. The molecule has 0 radical (unpaired) electrons. The van der Waals surface area contributed by atoms with Crippen LogP contribution in [0.15, 0.2) is 37.1 Å². The maximum Gasteiger partial charge on any atom is 0.233 e. The second-order valence-corrected chi connectivity index (χ2v) is 5.64. The molecule has 0 bridgehead atoms. The summed E-state index contributed by atoms with van der Waals surface area (Å²) in [5.74, 6) is 2.44. The van der Waals surface area contributed by atoms with Gasteiger partial charge in [-0.3, -0.25) is 9.30 Å². The normalized spacial score (nSPS) is 19.6. The van der Waals surface area contributed by atoms with Gasteiger partial charge in [-0.2, -0.15) is 0 Å². The highest BCUT2D eigenvalue weighted by Crippen LogP contribution is 2.27. The number of hydrogen-bond acceptors (Lipinski definition) is 4. The van der Waals surface area contributed by atoms with Crippen LogP contribution in [-0.4, -0.2) is 41.9 Å². The minimum Gasteiger partial charge on any atom is -0.337 e. The predicted octanol–water partition coefficient (Wildman–Crippen LogP) is 1.45. The maximum atomic E-state index is 4.41. The molecule has 108 valence electrons. The Balaban J connectivity index is 1.54. The maximum absolute atomic E-state index is 4.41. The van der Waals surface area contributed by atoms with Crippen molar-refractivity contribution in [2.75, 3.05) is 13.1 Å². The Kier molecular flexibility index (Phi) is 2.96.